The predicted octanol–water partition coefficient (Wildman–Crippen LogP) is 2.89. The SMILES string of the molecule is CCC1=CC=CC(Cl)C1. The second kappa shape index (κ2) is 3.07. The molecule has 1 atom stereocenters. The zero-order chi connectivity index (χ0) is 6.69. The maximum Gasteiger partial charge on any atom is 0.0556 e. The van der Waals surface area contributed by atoms with Crippen LogP contribution in [0.15, 0.2) is 23.8 Å². The van der Waals surface area contributed by atoms with E-state index in [9.17, 15) is 0 Å². The van der Waals surface area contributed by atoms with Gasteiger partial charge in [0, 0.05) is 0 Å². The fourth-order valence-corrected chi connectivity index (χ4v) is 1.24. The first-order chi connectivity index (χ1) is 4.33. The smallest absolute Gasteiger partial charge is 0.0556 e. The van der Waals surface area contributed by atoms with Crippen LogP contribution in [0.3, 0.4) is 0 Å². The van der Waals surface area contributed by atoms with E-state index in [1.165, 1.54) is 5.57 Å². The van der Waals surface area contributed by atoms with E-state index in [1.807, 2.05) is 12.2 Å². The van der Waals surface area contributed by atoms with Gasteiger partial charge in [-0.3, -0.25) is 0 Å². The molecule has 0 saturated carbocycles. The minimum absolute atomic E-state index is 0.241. The molecule has 50 valence electrons. The van der Waals surface area contributed by atoms with Gasteiger partial charge >= 0.3 is 0 Å². The average Bonchev–Trinajstić information content (AvgIpc) is 1.88. The molecular formula is C8H11Cl. The first kappa shape index (κ1) is 6.88. The van der Waals surface area contributed by atoms with Crippen molar-refractivity contribution in [3.8, 4) is 0 Å². The average molecular weight is 143 g/mol. The summed E-state index contributed by atoms with van der Waals surface area (Å²) in [6.07, 6.45) is 8.39. The molecule has 0 saturated heterocycles. The zero-order valence-electron chi connectivity index (χ0n) is 5.60. The molecule has 0 aliphatic heterocycles. The molecule has 0 aromatic heterocycles. The van der Waals surface area contributed by atoms with Crippen LogP contribution in [-0.2, 0) is 0 Å². The van der Waals surface area contributed by atoms with E-state index in [1.54, 1.807) is 0 Å². The van der Waals surface area contributed by atoms with Crippen molar-refractivity contribution >= 4 is 11.6 Å². The van der Waals surface area contributed by atoms with Gasteiger partial charge in [-0.25, -0.2) is 0 Å². The van der Waals surface area contributed by atoms with Crippen LogP contribution in [0.2, 0.25) is 0 Å². The molecule has 0 amide bonds. The normalized spacial score (nSPS) is 26.0. The van der Waals surface area contributed by atoms with Crippen LogP contribution in [0.4, 0.5) is 0 Å². The molecule has 9 heavy (non-hydrogen) atoms. The minimum atomic E-state index is 0.241. The van der Waals surface area contributed by atoms with Crippen LogP contribution in [-0.4, -0.2) is 5.38 Å². The Morgan fingerprint density at radius 3 is 3.00 bits per heavy atom. The van der Waals surface area contributed by atoms with Crippen LogP contribution >= 0.6 is 11.6 Å². The number of rotatable bonds is 1. The lowest BCUT2D eigenvalue weighted by atomic mass is 10.0. The number of hydrogen-bond acceptors (Lipinski definition) is 0. The van der Waals surface area contributed by atoms with E-state index in [-0.39, 0.29) is 5.38 Å². The molecule has 1 unspecified atom stereocenters. The summed E-state index contributed by atoms with van der Waals surface area (Å²) >= 11 is 5.86. The summed E-state index contributed by atoms with van der Waals surface area (Å²) < 4.78 is 0. The third kappa shape index (κ3) is 1.87. The Labute approximate surface area is 61.2 Å². The summed E-state index contributed by atoms with van der Waals surface area (Å²) in [5, 5.41) is 0.241. The Bertz CT molecular complexity index is 145. The summed E-state index contributed by atoms with van der Waals surface area (Å²) in [7, 11) is 0. The maximum atomic E-state index is 5.86. The van der Waals surface area contributed by atoms with Crippen molar-refractivity contribution in [2.75, 3.05) is 0 Å². The van der Waals surface area contributed by atoms with Crippen molar-refractivity contribution in [3.63, 3.8) is 0 Å². The van der Waals surface area contributed by atoms with Gasteiger partial charge in [-0.05, 0) is 12.8 Å². The van der Waals surface area contributed by atoms with Crippen molar-refractivity contribution in [3.05, 3.63) is 23.8 Å². The molecule has 0 heterocycles. The van der Waals surface area contributed by atoms with Gasteiger partial charge in [0.25, 0.3) is 0 Å². The molecule has 1 heteroatoms. The lowest BCUT2D eigenvalue weighted by Gasteiger charge is -2.09. The molecule has 0 nitrogen and oxygen atoms in total. The van der Waals surface area contributed by atoms with Crippen LogP contribution in [0.1, 0.15) is 19.8 Å². The van der Waals surface area contributed by atoms with Gasteiger partial charge in [-0.15, -0.1) is 11.6 Å². The van der Waals surface area contributed by atoms with Crippen molar-refractivity contribution in [1.29, 1.82) is 0 Å². The number of hydrogen-bond donors (Lipinski definition) is 0. The Balaban J connectivity index is 2.55. The largest absolute Gasteiger partial charge is 0.118 e. The maximum absolute atomic E-state index is 5.86. The molecule has 0 aromatic carbocycles. The Morgan fingerprint density at radius 2 is 2.56 bits per heavy atom. The molecule has 0 fully saturated rings. The summed E-state index contributed by atoms with van der Waals surface area (Å²) in [5.74, 6) is 0. The summed E-state index contributed by atoms with van der Waals surface area (Å²) in [4.78, 5) is 0. The van der Waals surface area contributed by atoms with Gasteiger partial charge in [0.15, 0.2) is 0 Å². The van der Waals surface area contributed by atoms with E-state index in [0.717, 1.165) is 12.8 Å². The highest BCUT2D eigenvalue weighted by Gasteiger charge is 2.04. The Kier molecular flexibility index (Phi) is 2.35. The third-order valence-electron chi connectivity index (χ3n) is 1.56. The molecule has 0 radical (unpaired) electrons. The standard InChI is InChI=1S/C8H11Cl/c1-2-7-4-3-5-8(9)6-7/h3-5,8H,2,6H2,1H3. The third-order valence-corrected chi connectivity index (χ3v) is 1.86. The zero-order valence-corrected chi connectivity index (χ0v) is 6.36. The highest BCUT2D eigenvalue weighted by Crippen LogP contribution is 2.18. The monoisotopic (exact) mass is 142 g/mol. The lowest BCUT2D eigenvalue weighted by Crippen LogP contribution is -1.98. The van der Waals surface area contributed by atoms with Gasteiger partial charge < -0.3 is 0 Å². The molecule has 1 rings (SSSR count). The molecule has 1 aliphatic carbocycles. The second-order valence-electron chi connectivity index (χ2n) is 2.28. The minimum Gasteiger partial charge on any atom is -0.118 e. The summed E-state index contributed by atoms with van der Waals surface area (Å²) in [5.41, 5.74) is 1.46. The molecule has 0 bridgehead atoms. The molecule has 0 N–H and O–H groups in total. The van der Waals surface area contributed by atoms with Crippen molar-refractivity contribution < 1.29 is 0 Å². The van der Waals surface area contributed by atoms with Gasteiger partial charge in [0.2, 0.25) is 0 Å². The van der Waals surface area contributed by atoms with Crippen molar-refractivity contribution in [2.24, 2.45) is 0 Å². The fraction of sp³-hybridized carbons (Fsp3) is 0.500. The highest BCUT2D eigenvalue weighted by atomic mass is 35.5. The predicted molar refractivity (Wildman–Crippen MR) is 41.8 cm³/mol. The number of allylic oxidation sites excluding steroid dienone is 4. The van der Waals surface area contributed by atoms with Gasteiger partial charge in [-0.1, -0.05) is 30.7 Å². The van der Waals surface area contributed by atoms with Crippen LogP contribution in [0.25, 0.3) is 0 Å². The van der Waals surface area contributed by atoms with Gasteiger partial charge in [-0.2, -0.15) is 0 Å². The topological polar surface area (TPSA) is 0 Å². The number of halogens is 1. The van der Waals surface area contributed by atoms with Crippen LogP contribution < -0.4 is 0 Å². The highest BCUT2D eigenvalue weighted by molar-refractivity contribution is 6.22. The van der Waals surface area contributed by atoms with Crippen molar-refractivity contribution in [1.82, 2.24) is 0 Å². The van der Waals surface area contributed by atoms with E-state index in [2.05, 4.69) is 13.0 Å². The summed E-state index contributed by atoms with van der Waals surface area (Å²) in [6, 6.07) is 0. The van der Waals surface area contributed by atoms with Gasteiger partial charge in [0.05, 0.1) is 5.38 Å². The Morgan fingerprint density at radius 1 is 1.78 bits per heavy atom. The van der Waals surface area contributed by atoms with E-state index < -0.39 is 0 Å². The molecular weight excluding hydrogens is 132 g/mol. The quantitative estimate of drug-likeness (QED) is 0.494. The van der Waals surface area contributed by atoms with E-state index in [0.29, 0.717) is 0 Å². The fourth-order valence-electron chi connectivity index (χ4n) is 0.961. The van der Waals surface area contributed by atoms with Crippen LogP contribution in [0, 0.1) is 0 Å². The molecule has 0 spiro atoms. The molecule has 1 aliphatic rings. The van der Waals surface area contributed by atoms with E-state index in [4.69, 9.17) is 11.6 Å². The first-order valence-electron chi connectivity index (χ1n) is 3.33. The van der Waals surface area contributed by atoms with E-state index >= 15 is 0 Å². The van der Waals surface area contributed by atoms with Gasteiger partial charge in [0.1, 0.15) is 0 Å². The Hall–Kier alpha value is -0.230. The first-order valence-corrected chi connectivity index (χ1v) is 3.77. The molecule has 0 aromatic rings. The van der Waals surface area contributed by atoms with Crippen LogP contribution in [0.5, 0.6) is 0 Å². The van der Waals surface area contributed by atoms with Crippen molar-refractivity contribution in [2.45, 2.75) is 25.1 Å². The lowest BCUT2D eigenvalue weighted by molar-refractivity contribution is 0.901. The number of alkyl halides is 1. The summed E-state index contributed by atoms with van der Waals surface area (Å²) in [6.45, 7) is 2.16. The second-order valence-corrected chi connectivity index (χ2v) is 2.84.